The van der Waals surface area contributed by atoms with E-state index in [2.05, 4.69) is 10.4 Å². The normalized spacial score (nSPS) is 10.3. The summed E-state index contributed by atoms with van der Waals surface area (Å²) in [4.78, 5) is 11.7. The first-order valence-corrected chi connectivity index (χ1v) is 5.40. The highest BCUT2D eigenvalue weighted by Crippen LogP contribution is 2.12. The number of benzene rings is 1. The molecule has 0 aliphatic heterocycles. The van der Waals surface area contributed by atoms with E-state index in [1.165, 1.54) is 16.8 Å². The molecule has 18 heavy (non-hydrogen) atoms. The Kier molecular flexibility index (Phi) is 3.27. The van der Waals surface area contributed by atoms with Crippen molar-refractivity contribution < 1.29 is 9.18 Å². The molecule has 3 N–H and O–H groups in total. The second-order valence-electron chi connectivity index (χ2n) is 3.92. The molecule has 5 nitrogen and oxygen atoms in total. The van der Waals surface area contributed by atoms with Crippen LogP contribution in [0.1, 0.15) is 5.56 Å². The van der Waals surface area contributed by atoms with Crippen LogP contribution in [0.4, 0.5) is 15.9 Å². The Morgan fingerprint density at radius 3 is 2.83 bits per heavy atom. The number of halogens is 1. The Balaban J connectivity index is 2.03. The summed E-state index contributed by atoms with van der Waals surface area (Å²) in [5, 5.41) is 6.43. The fourth-order valence-electron chi connectivity index (χ4n) is 1.52. The number of carbonyl (C=O) groups excluding carboxylic acids is 1. The number of rotatable bonds is 3. The van der Waals surface area contributed by atoms with Crippen molar-refractivity contribution in [2.45, 2.75) is 13.5 Å². The Morgan fingerprint density at radius 2 is 2.22 bits per heavy atom. The fraction of sp³-hybridized carbons (Fsp3) is 0.167. The predicted octanol–water partition coefficient (Wildman–Crippen LogP) is 1.55. The van der Waals surface area contributed by atoms with Crippen LogP contribution in [0.2, 0.25) is 0 Å². The zero-order valence-electron chi connectivity index (χ0n) is 9.85. The van der Waals surface area contributed by atoms with Crippen LogP contribution >= 0.6 is 0 Å². The summed E-state index contributed by atoms with van der Waals surface area (Å²) in [6.45, 7) is 1.79. The van der Waals surface area contributed by atoms with Gasteiger partial charge in [0, 0.05) is 11.8 Å². The number of aryl methyl sites for hydroxylation is 1. The SMILES string of the molecule is Cc1cn(CC(=O)Nc2ccccc2F)nc1N. The van der Waals surface area contributed by atoms with Crippen LogP contribution < -0.4 is 11.1 Å². The summed E-state index contributed by atoms with van der Waals surface area (Å²) in [7, 11) is 0. The maximum atomic E-state index is 13.3. The third-order valence-electron chi connectivity index (χ3n) is 2.44. The van der Waals surface area contributed by atoms with E-state index in [-0.39, 0.29) is 18.1 Å². The highest BCUT2D eigenvalue weighted by Gasteiger charge is 2.08. The summed E-state index contributed by atoms with van der Waals surface area (Å²) in [5.74, 6) is -0.446. The molecule has 0 atom stereocenters. The van der Waals surface area contributed by atoms with Gasteiger partial charge in [-0.25, -0.2) is 4.39 Å². The summed E-state index contributed by atoms with van der Waals surface area (Å²) >= 11 is 0. The molecule has 1 aromatic heterocycles. The fourth-order valence-corrected chi connectivity index (χ4v) is 1.52. The van der Waals surface area contributed by atoms with Crippen molar-refractivity contribution in [3.8, 4) is 0 Å². The molecule has 0 fully saturated rings. The zero-order chi connectivity index (χ0) is 13.1. The maximum absolute atomic E-state index is 13.3. The number of hydrogen-bond donors (Lipinski definition) is 2. The van der Waals surface area contributed by atoms with Crippen molar-refractivity contribution >= 4 is 17.4 Å². The topological polar surface area (TPSA) is 72.9 Å². The number of carbonyl (C=O) groups is 1. The molecular formula is C12H13FN4O. The average Bonchev–Trinajstić information content (AvgIpc) is 2.61. The van der Waals surface area contributed by atoms with E-state index in [0.29, 0.717) is 5.82 Å². The Labute approximate surface area is 103 Å². The lowest BCUT2D eigenvalue weighted by molar-refractivity contribution is -0.116. The van der Waals surface area contributed by atoms with E-state index >= 15 is 0 Å². The number of hydrogen-bond acceptors (Lipinski definition) is 3. The van der Waals surface area contributed by atoms with Gasteiger partial charge in [-0.3, -0.25) is 9.48 Å². The van der Waals surface area contributed by atoms with Gasteiger partial charge in [0.15, 0.2) is 0 Å². The molecule has 0 unspecified atom stereocenters. The van der Waals surface area contributed by atoms with Crippen molar-refractivity contribution in [2.24, 2.45) is 0 Å². The Morgan fingerprint density at radius 1 is 1.50 bits per heavy atom. The highest BCUT2D eigenvalue weighted by molar-refractivity contribution is 5.90. The van der Waals surface area contributed by atoms with Crippen molar-refractivity contribution in [3.05, 3.63) is 41.8 Å². The molecule has 0 aliphatic rings. The predicted molar refractivity (Wildman–Crippen MR) is 66.4 cm³/mol. The van der Waals surface area contributed by atoms with Gasteiger partial charge in [0.1, 0.15) is 18.2 Å². The molecule has 0 saturated heterocycles. The number of aromatic nitrogens is 2. The molecule has 0 bridgehead atoms. The van der Waals surface area contributed by atoms with Crippen LogP contribution in [0.15, 0.2) is 30.5 Å². The summed E-state index contributed by atoms with van der Waals surface area (Å²) in [5.41, 5.74) is 6.52. The lowest BCUT2D eigenvalue weighted by atomic mass is 10.3. The Bertz CT molecular complexity index is 560. The summed E-state index contributed by atoms with van der Waals surface area (Å²) in [6, 6.07) is 5.99. The van der Waals surface area contributed by atoms with E-state index in [9.17, 15) is 9.18 Å². The maximum Gasteiger partial charge on any atom is 0.246 e. The van der Waals surface area contributed by atoms with Crippen LogP contribution in [0.5, 0.6) is 0 Å². The molecule has 2 aromatic rings. The van der Waals surface area contributed by atoms with Gasteiger partial charge >= 0.3 is 0 Å². The number of amides is 1. The van der Waals surface area contributed by atoms with Gasteiger partial charge in [0.05, 0.1) is 5.69 Å². The smallest absolute Gasteiger partial charge is 0.246 e. The molecular weight excluding hydrogens is 235 g/mol. The Hall–Kier alpha value is -2.37. The first-order valence-electron chi connectivity index (χ1n) is 5.40. The minimum atomic E-state index is -0.470. The molecule has 6 heteroatoms. The first-order chi connectivity index (χ1) is 8.56. The number of nitrogen functional groups attached to an aromatic ring is 1. The van der Waals surface area contributed by atoms with Gasteiger partial charge in [0.2, 0.25) is 5.91 Å². The molecule has 2 rings (SSSR count). The van der Waals surface area contributed by atoms with Crippen LogP contribution in [0.25, 0.3) is 0 Å². The van der Waals surface area contributed by atoms with E-state index in [1.807, 2.05) is 0 Å². The van der Waals surface area contributed by atoms with Gasteiger partial charge in [-0.05, 0) is 19.1 Å². The molecule has 0 saturated carbocycles. The third-order valence-corrected chi connectivity index (χ3v) is 2.44. The molecule has 1 heterocycles. The highest BCUT2D eigenvalue weighted by atomic mass is 19.1. The average molecular weight is 248 g/mol. The van der Waals surface area contributed by atoms with Gasteiger partial charge in [-0.15, -0.1) is 0 Å². The monoisotopic (exact) mass is 248 g/mol. The molecule has 0 spiro atoms. The molecule has 1 amide bonds. The molecule has 0 radical (unpaired) electrons. The van der Waals surface area contributed by atoms with Crippen LogP contribution in [0, 0.1) is 12.7 Å². The van der Waals surface area contributed by atoms with E-state index in [1.54, 1.807) is 25.3 Å². The summed E-state index contributed by atoms with van der Waals surface area (Å²) in [6.07, 6.45) is 1.66. The molecule has 0 aliphatic carbocycles. The van der Waals surface area contributed by atoms with Gasteiger partial charge < -0.3 is 11.1 Å². The van der Waals surface area contributed by atoms with Gasteiger partial charge in [0.25, 0.3) is 0 Å². The van der Waals surface area contributed by atoms with Crippen molar-refractivity contribution in [2.75, 3.05) is 11.1 Å². The van der Waals surface area contributed by atoms with E-state index < -0.39 is 5.82 Å². The lowest BCUT2D eigenvalue weighted by Crippen LogP contribution is -2.19. The lowest BCUT2D eigenvalue weighted by Gasteiger charge is -2.05. The largest absolute Gasteiger partial charge is 0.382 e. The van der Waals surface area contributed by atoms with Crippen LogP contribution in [-0.2, 0) is 11.3 Å². The second kappa shape index (κ2) is 4.87. The number of nitrogens with one attached hydrogen (secondary N) is 1. The number of anilines is 2. The van der Waals surface area contributed by atoms with E-state index in [4.69, 9.17) is 5.73 Å². The summed E-state index contributed by atoms with van der Waals surface area (Å²) < 4.78 is 14.7. The van der Waals surface area contributed by atoms with Crippen molar-refractivity contribution in [1.82, 2.24) is 9.78 Å². The second-order valence-corrected chi connectivity index (χ2v) is 3.92. The number of nitrogens with zero attached hydrogens (tertiary/aromatic N) is 2. The zero-order valence-corrected chi connectivity index (χ0v) is 9.85. The van der Waals surface area contributed by atoms with Crippen molar-refractivity contribution in [3.63, 3.8) is 0 Å². The quantitative estimate of drug-likeness (QED) is 0.865. The molecule has 1 aromatic carbocycles. The number of para-hydroxylation sites is 1. The van der Waals surface area contributed by atoms with Gasteiger partial charge in [-0.2, -0.15) is 5.10 Å². The van der Waals surface area contributed by atoms with Crippen LogP contribution in [-0.4, -0.2) is 15.7 Å². The number of nitrogens with two attached hydrogens (primary N) is 1. The first kappa shape index (κ1) is 12.1. The van der Waals surface area contributed by atoms with Gasteiger partial charge in [-0.1, -0.05) is 12.1 Å². The standard InChI is InChI=1S/C12H13FN4O/c1-8-6-17(16-12(8)14)7-11(18)15-10-5-3-2-4-9(10)13/h2-6H,7H2,1H3,(H2,14,16)(H,15,18). The van der Waals surface area contributed by atoms with Crippen LogP contribution in [0.3, 0.4) is 0 Å². The van der Waals surface area contributed by atoms with E-state index in [0.717, 1.165) is 5.56 Å². The van der Waals surface area contributed by atoms with Crippen molar-refractivity contribution in [1.29, 1.82) is 0 Å². The minimum absolute atomic E-state index is 0.00757. The molecule has 94 valence electrons. The third kappa shape index (κ3) is 2.65. The minimum Gasteiger partial charge on any atom is -0.382 e.